The number of pyridine rings is 1. The molecule has 0 spiro atoms. The van der Waals surface area contributed by atoms with E-state index in [9.17, 15) is 0 Å². The quantitative estimate of drug-likeness (QED) is 0.556. The molecule has 1 aromatic rings. The van der Waals surface area contributed by atoms with Crippen molar-refractivity contribution in [1.82, 2.24) is 10.4 Å². The second-order valence-corrected chi connectivity index (χ2v) is 4.12. The third-order valence-electron chi connectivity index (χ3n) is 2.32. The van der Waals surface area contributed by atoms with E-state index in [0.717, 1.165) is 17.7 Å². The van der Waals surface area contributed by atoms with Crippen LogP contribution in [0.1, 0.15) is 31.9 Å². The Hall–Kier alpha value is -1.17. The number of rotatable bonds is 7. The van der Waals surface area contributed by atoms with Gasteiger partial charge in [-0.05, 0) is 31.9 Å². The third-order valence-corrected chi connectivity index (χ3v) is 2.32. The lowest BCUT2D eigenvalue weighted by Gasteiger charge is -2.17. The molecule has 0 aliphatic heterocycles. The lowest BCUT2D eigenvalue weighted by Crippen LogP contribution is -2.29. The van der Waals surface area contributed by atoms with Crippen molar-refractivity contribution in [1.29, 1.82) is 0 Å². The van der Waals surface area contributed by atoms with Crippen molar-refractivity contribution in [2.45, 2.75) is 32.4 Å². The van der Waals surface area contributed by atoms with Gasteiger partial charge in [-0.15, -0.1) is 0 Å². The highest BCUT2D eigenvalue weighted by Crippen LogP contribution is 2.20. The molecule has 5 nitrogen and oxygen atoms in total. The Morgan fingerprint density at radius 1 is 1.41 bits per heavy atom. The minimum absolute atomic E-state index is 0.0261. The molecule has 3 N–H and O–H groups in total. The Labute approximate surface area is 102 Å². The van der Waals surface area contributed by atoms with Crippen molar-refractivity contribution >= 4 is 0 Å². The summed E-state index contributed by atoms with van der Waals surface area (Å²) in [6.07, 6.45) is 4.41. The van der Waals surface area contributed by atoms with E-state index in [1.165, 1.54) is 0 Å². The lowest BCUT2D eigenvalue weighted by molar-refractivity contribution is 0.182. The van der Waals surface area contributed by atoms with Crippen LogP contribution in [-0.4, -0.2) is 24.8 Å². The number of nitrogens with zero attached hydrogens (tertiary/aromatic N) is 1. The van der Waals surface area contributed by atoms with Crippen LogP contribution >= 0.6 is 0 Å². The Morgan fingerprint density at radius 3 is 2.76 bits per heavy atom. The SMILES string of the molecule is COCCC(NN)c1cncc(OC(C)C)c1. The van der Waals surface area contributed by atoms with E-state index in [1.807, 2.05) is 19.9 Å². The molecule has 0 fully saturated rings. The second-order valence-electron chi connectivity index (χ2n) is 4.12. The van der Waals surface area contributed by atoms with E-state index >= 15 is 0 Å². The largest absolute Gasteiger partial charge is 0.489 e. The number of hydrogen-bond acceptors (Lipinski definition) is 5. The molecular formula is C12H21N3O2. The van der Waals surface area contributed by atoms with E-state index in [1.54, 1.807) is 19.5 Å². The van der Waals surface area contributed by atoms with Crippen LogP contribution in [0.5, 0.6) is 5.75 Å². The van der Waals surface area contributed by atoms with Gasteiger partial charge >= 0.3 is 0 Å². The van der Waals surface area contributed by atoms with Crippen LogP contribution in [0.25, 0.3) is 0 Å². The van der Waals surface area contributed by atoms with Gasteiger partial charge < -0.3 is 9.47 Å². The first kappa shape index (κ1) is 13.9. The molecule has 1 rings (SSSR count). The van der Waals surface area contributed by atoms with Crippen molar-refractivity contribution in [3.05, 3.63) is 24.0 Å². The summed E-state index contributed by atoms with van der Waals surface area (Å²) in [4.78, 5) is 4.15. The predicted molar refractivity (Wildman–Crippen MR) is 66.6 cm³/mol. The molecule has 17 heavy (non-hydrogen) atoms. The summed E-state index contributed by atoms with van der Waals surface area (Å²) < 4.78 is 10.6. The fourth-order valence-corrected chi connectivity index (χ4v) is 1.54. The summed E-state index contributed by atoms with van der Waals surface area (Å²) in [6.45, 7) is 4.61. The summed E-state index contributed by atoms with van der Waals surface area (Å²) in [7, 11) is 1.67. The summed E-state index contributed by atoms with van der Waals surface area (Å²) in [5.74, 6) is 6.28. The normalized spacial score (nSPS) is 12.8. The fourth-order valence-electron chi connectivity index (χ4n) is 1.54. The maximum atomic E-state index is 5.59. The predicted octanol–water partition coefficient (Wildman–Crippen LogP) is 1.41. The summed E-state index contributed by atoms with van der Waals surface area (Å²) in [5.41, 5.74) is 3.76. The Morgan fingerprint density at radius 2 is 2.18 bits per heavy atom. The minimum Gasteiger partial charge on any atom is -0.489 e. The number of nitrogens with one attached hydrogen (secondary N) is 1. The van der Waals surface area contributed by atoms with Gasteiger partial charge in [-0.3, -0.25) is 16.3 Å². The first-order valence-electron chi connectivity index (χ1n) is 5.74. The monoisotopic (exact) mass is 239 g/mol. The number of ether oxygens (including phenoxy) is 2. The maximum absolute atomic E-state index is 5.59. The number of hydrazine groups is 1. The number of nitrogens with two attached hydrogens (primary N) is 1. The van der Waals surface area contributed by atoms with Crippen LogP contribution < -0.4 is 16.0 Å². The second kappa shape index (κ2) is 7.21. The lowest BCUT2D eigenvalue weighted by atomic mass is 10.1. The van der Waals surface area contributed by atoms with Gasteiger partial charge in [0.15, 0.2) is 0 Å². The highest BCUT2D eigenvalue weighted by molar-refractivity contribution is 5.26. The third kappa shape index (κ3) is 4.68. The molecule has 96 valence electrons. The smallest absolute Gasteiger partial charge is 0.138 e. The molecular weight excluding hydrogens is 218 g/mol. The number of hydrogen-bond donors (Lipinski definition) is 2. The molecule has 0 saturated heterocycles. The van der Waals surface area contributed by atoms with Gasteiger partial charge in [0.25, 0.3) is 0 Å². The van der Waals surface area contributed by atoms with Crippen LogP contribution in [-0.2, 0) is 4.74 Å². The van der Waals surface area contributed by atoms with Crippen LogP contribution in [0.4, 0.5) is 0 Å². The molecule has 1 unspecified atom stereocenters. The highest BCUT2D eigenvalue weighted by atomic mass is 16.5. The van der Waals surface area contributed by atoms with Gasteiger partial charge in [-0.25, -0.2) is 0 Å². The van der Waals surface area contributed by atoms with Crippen LogP contribution in [0.2, 0.25) is 0 Å². The molecule has 0 radical (unpaired) electrons. The van der Waals surface area contributed by atoms with Gasteiger partial charge in [0.2, 0.25) is 0 Å². The topological polar surface area (TPSA) is 69.4 Å². The van der Waals surface area contributed by atoms with Crippen molar-refractivity contribution in [3.63, 3.8) is 0 Å². The zero-order chi connectivity index (χ0) is 12.7. The molecule has 5 heteroatoms. The zero-order valence-corrected chi connectivity index (χ0v) is 10.6. The molecule has 0 bridgehead atoms. The first-order chi connectivity index (χ1) is 8.17. The van der Waals surface area contributed by atoms with Crippen molar-refractivity contribution < 1.29 is 9.47 Å². The fraction of sp³-hybridized carbons (Fsp3) is 0.583. The molecule has 0 aliphatic rings. The van der Waals surface area contributed by atoms with Crippen molar-refractivity contribution in [3.8, 4) is 5.75 Å². The molecule has 0 aliphatic carbocycles. The van der Waals surface area contributed by atoms with Crippen LogP contribution in [0.3, 0.4) is 0 Å². The standard InChI is InChI=1S/C12H21N3O2/c1-9(2)17-11-6-10(7-14-8-11)12(15-13)4-5-16-3/h6-9,12,15H,4-5,13H2,1-3H3. The van der Waals surface area contributed by atoms with Gasteiger partial charge in [-0.2, -0.15) is 0 Å². The molecule has 1 atom stereocenters. The number of methoxy groups -OCH3 is 1. The maximum Gasteiger partial charge on any atom is 0.138 e. The Bertz CT molecular complexity index is 331. The van der Waals surface area contributed by atoms with E-state index in [-0.39, 0.29) is 12.1 Å². The molecule has 0 amide bonds. The van der Waals surface area contributed by atoms with Gasteiger partial charge in [0, 0.05) is 26.0 Å². The average molecular weight is 239 g/mol. The summed E-state index contributed by atoms with van der Waals surface area (Å²) >= 11 is 0. The zero-order valence-electron chi connectivity index (χ0n) is 10.6. The Kier molecular flexibility index (Phi) is 5.90. The highest BCUT2D eigenvalue weighted by Gasteiger charge is 2.11. The molecule has 1 heterocycles. The molecule has 1 aromatic heterocycles. The van der Waals surface area contributed by atoms with E-state index in [0.29, 0.717) is 6.61 Å². The van der Waals surface area contributed by atoms with Crippen LogP contribution in [0, 0.1) is 0 Å². The summed E-state index contributed by atoms with van der Waals surface area (Å²) in [5, 5.41) is 0. The van der Waals surface area contributed by atoms with Gasteiger partial charge in [0.1, 0.15) is 5.75 Å². The van der Waals surface area contributed by atoms with E-state index in [4.69, 9.17) is 15.3 Å². The van der Waals surface area contributed by atoms with Gasteiger partial charge in [0.05, 0.1) is 12.3 Å². The minimum atomic E-state index is 0.0261. The van der Waals surface area contributed by atoms with Crippen LogP contribution in [0.15, 0.2) is 18.5 Å². The van der Waals surface area contributed by atoms with Crippen molar-refractivity contribution in [2.75, 3.05) is 13.7 Å². The van der Waals surface area contributed by atoms with E-state index < -0.39 is 0 Å². The first-order valence-corrected chi connectivity index (χ1v) is 5.74. The van der Waals surface area contributed by atoms with E-state index in [2.05, 4.69) is 10.4 Å². The average Bonchev–Trinajstić information content (AvgIpc) is 2.30. The summed E-state index contributed by atoms with van der Waals surface area (Å²) in [6, 6.07) is 1.98. The Balaban J connectivity index is 2.73. The van der Waals surface area contributed by atoms with Gasteiger partial charge in [-0.1, -0.05) is 0 Å². The molecule has 0 aromatic carbocycles. The number of aromatic nitrogens is 1. The molecule has 0 saturated carbocycles. The van der Waals surface area contributed by atoms with Crippen molar-refractivity contribution in [2.24, 2.45) is 5.84 Å².